The molecule has 0 aliphatic carbocycles. The summed E-state index contributed by atoms with van der Waals surface area (Å²) in [4.78, 5) is 28.1. The molecule has 0 saturated heterocycles. The molecule has 2 heterocycles. The molecule has 2 aromatic heterocycles. The molecule has 26 heavy (non-hydrogen) atoms. The molecular weight excluding hydrogens is 352 g/mol. The van der Waals surface area contributed by atoms with Gasteiger partial charge in [0.25, 0.3) is 0 Å². The van der Waals surface area contributed by atoms with Crippen molar-refractivity contribution in [1.82, 2.24) is 4.98 Å². The zero-order valence-electron chi connectivity index (χ0n) is 13.5. The number of esters is 1. The molecule has 0 bridgehead atoms. The summed E-state index contributed by atoms with van der Waals surface area (Å²) in [6.07, 6.45) is 0. The summed E-state index contributed by atoms with van der Waals surface area (Å²) >= 11 is 1.32. The maximum absolute atomic E-state index is 12.6. The van der Waals surface area contributed by atoms with Gasteiger partial charge in [-0.15, -0.1) is 11.3 Å². The van der Waals surface area contributed by atoms with Crippen LogP contribution < -0.4 is 10.4 Å². The van der Waals surface area contributed by atoms with Crippen molar-refractivity contribution in [2.24, 2.45) is 0 Å². The van der Waals surface area contributed by atoms with Crippen LogP contribution in [0.2, 0.25) is 0 Å². The third-order valence-electron chi connectivity index (χ3n) is 3.76. The average molecular weight is 362 g/mol. The van der Waals surface area contributed by atoms with Gasteiger partial charge >= 0.3 is 11.6 Å². The number of nitrogens with zero attached hydrogens (tertiary/aromatic N) is 2. The molecule has 4 aromatic rings. The molecule has 0 unspecified atom stereocenters. The SMILES string of the molecule is CC(=O)Oc1ccc2c(C#N)c(-c3nc4ccccc4s3)c(=O)oc2c1. The highest BCUT2D eigenvalue weighted by Crippen LogP contribution is 2.33. The van der Waals surface area contributed by atoms with E-state index in [2.05, 4.69) is 11.1 Å². The minimum Gasteiger partial charge on any atom is -0.427 e. The second-order valence-electron chi connectivity index (χ2n) is 5.49. The van der Waals surface area contributed by atoms with Gasteiger partial charge in [0, 0.05) is 18.4 Å². The highest BCUT2D eigenvalue weighted by Gasteiger charge is 2.20. The zero-order valence-corrected chi connectivity index (χ0v) is 14.3. The minimum absolute atomic E-state index is 0.140. The maximum atomic E-state index is 12.6. The van der Waals surface area contributed by atoms with E-state index in [9.17, 15) is 14.9 Å². The second-order valence-corrected chi connectivity index (χ2v) is 6.52. The quantitative estimate of drug-likeness (QED) is 0.305. The van der Waals surface area contributed by atoms with Crippen molar-refractivity contribution in [3.63, 3.8) is 0 Å². The molecule has 0 aliphatic rings. The van der Waals surface area contributed by atoms with Crippen molar-refractivity contribution in [2.75, 3.05) is 0 Å². The fraction of sp³-hybridized carbons (Fsp3) is 0.0526. The van der Waals surface area contributed by atoms with E-state index in [1.165, 1.54) is 24.3 Å². The smallest absolute Gasteiger partial charge is 0.348 e. The summed E-state index contributed by atoms with van der Waals surface area (Å²) in [6, 6.07) is 14.1. The van der Waals surface area contributed by atoms with Gasteiger partial charge < -0.3 is 9.15 Å². The average Bonchev–Trinajstić information content (AvgIpc) is 3.03. The first-order chi connectivity index (χ1) is 12.6. The highest BCUT2D eigenvalue weighted by atomic mass is 32.1. The van der Waals surface area contributed by atoms with Crippen LogP contribution in [0.5, 0.6) is 5.75 Å². The van der Waals surface area contributed by atoms with Crippen molar-refractivity contribution in [3.05, 3.63) is 58.4 Å². The highest BCUT2D eigenvalue weighted by molar-refractivity contribution is 7.21. The van der Waals surface area contributed by atoms with Crippen LogP contribution in [0.1, 0.15) is 12.5 Å². The van der Waals surface area contributed by atoms with Crippen LogP contribution in [0, 0.1) is 11.3 Å². The topological polar surface area (TPSA) is 93.2 Å². The molecule has 0 fully saturated rings. The Bertz CT molecular complexity index is 1250. The third-order valence-corrected chi connectivity index (χ3v) is 4.81. The van der Waals surface area contributed by atoms with Gasteiger partial charge in [0.2, 0.25) is 0 Å². The van der Waals surface area contributed by atoms with E-state index in [1.807, 2.05) is 24.3 Å². The van der Waals surface area contributed by atoms with Crippen molar-refractivity contribution in [3.8, 4) is 22.4 Å². The molecule has 0 aliphatic heterocycles. The van der Waals surface area contributed by atoms with Crippen LogP contribution in [0.15, 0.2) is 51.7 Å². The largest absolute Gasteiger partial charge is 0.427 e. The van der Waals surface area contributed by atoms with Gasteiger partial charge in [-0.05, 0) is 24.3 Å². The number of para-hydroxylation sites is 1. The molecule has 0 radical (unpaired) electrons. The fourth-order valence-corrected chi connectivity index (χ4v) is 3.70. The zero-order chi connectivity index (χ0) is 18.3. The Balaban J connectivity index is 1.98. The predicted octanol–water partition coefficient (Wildman–Crippen LogP) is 3.87. The molecule has 0 spiro atoms. The number of thiazole rings is 1. The van der Waals surface area contributed by atoms with Crippen LogP contribution in [-0.2, 0) is 4.79 Å². The van der Waals surface area contributed by atoms with Gasteiger partial charge in [0.15, 0.2) is 0 Å². The van der Waals surface area contributed by atoms with E-state index in [-0.39, 0.29) is 22.5 Å². The van der Waals surface area contributed by atoms with E-state index in [0.29, 0.717) is 10.4 Å². The summed E-state index contributed by atoms with van der Waals surface area (Å²) < 4.78 is 11.3. The number of fused-ring (bicyclic) bond motifs is 2. The fourth-order valence-electron chi connectivity index (χ4n) is 2.70. The molecule has 2 aromatic carbocycles. The number of rotatable bonds is 2. The Morgan fingerprint density at radius 3 is 2.81 bits per heavy atom. The Morgan fingerprint density at radius 2 is 2.08 bits per heavy atom. The Kier molecular flexibility index (Phi) is 3.75. The lowest BCUT2D eigenvalue weighted by atomic mass is 10.1. The van der Waals surface area contributed by atoms with Crippen molar-refractivity contribution in [1.29, 1.82) is 5.26 Å². The Hall–Kier alpha value is -3.50. The maximum Gasteiger partial charge on any atom is 0.348 e. The number of carbonyl (C=O) groups is 1. The molecule has 0 N–H and O–H groups in total. The molecule has 126 valence electrons. The lowest BCUT2D eigenvalue weighted by Gasteiger charge is -2.06. The summed E-state index contributed by atoms with van der Waals surface area (Å²) in [5.74, 6) is -0.247. The van der Waals surface area contributed by atoms with Crippen LogP contribution in [0.3, 0.4) is 0 Å². The Labute approximate surface area is 150 Å². The van der Waals surface area contributed by atoms with Gasteiger partial charge in [-0.1, -0.05) is 12.1 Å². The number of carbonyl (C=O) groups excluding carboxylic acids is 1. The van der Waals surface area contributed by atoms with Crippen LogP contribution >= 0.6 is 11.3 Å². The van der Waals surface area contributed by atoms with Gasteiger partial charge in [0.05, 0.1) is 15.8 Å². The molecule has 4 rings (SSSR count). The summed E-state index contributed by atoms with van der Waals surface area (Å²) in [6.45, 7) is 1.28. The molecule has 0 saturated carbocycles. The number of benzene rings is 2. The number of hydrogen-bond acceptors (Lipinski definition) is 7. The third kappa shape index (κ3) is 2.62. The van der Waals surface area contributed by atoms with Crippen LogP contribution in [-0.4, -0.2) is 11.0 Å². The predicted molar refractivity (Wildman–Crippen MR) is 97.1 cm³/mol. The second kappa shape index (κ2) is 6.10. The normalized spacial score (nSPS) is 10.8. The van der Waals surface area contributed by atoms with E-state index in [0.717, 1.165) is 10.2 Å². The number of aromatic nitrogens is 1. The number of hydrogen-bond donors (Lipinski definition) is 0. The minimum atomic E-state index is -0.659. The number of nitriles is 1. The lowest BCUT2D eigenvalue weighted by molar-refractivity contribution is -0.131. The monoisotopic (exact) mass is 362 g/mol. The first-order valence-electron chi connectivity index (χ1n) is 7.62. The summed E-state index contributed by atoms with van der Waals surface area (Å²) in [5, 5.41) is 10.5. The standard InChI is InChI=1S/C19H10N2O4S/c1-10(22)24-11-6-7-12-13(9-20)17(19(23)25-15(12)8-11)18-21-14-4-2-3-5-16(14)26-18/h2-8H,1H3. The van der Waals surface area contributed by atoms with Crippen molar-refractivity contribution in [2.45, 2.75) is 6.92 Å². The summed E-state index contributed by atoms with van der Waals surface area (Å²) in [7, 11) is 0. The van der Waals surface area contributed by atoms with E-state index < -0.39 is 11.6 Å². The van der Waals surface area contributed by atoms with Crippen molar-refractivity contribution < 1.29 is 13.9 Å². The molecule has 0 amide bonds. The van der Waals surface area contributed by atoms with E-state index in [1.54, 1.807) is 12.1 Å². The van der Waals surface area contributed by atoms with Crippen LogP contribution in [0.4, 0.5) is 0 Å². The van der Waals surface area contributed by atoms with E-state index in [4.69, 9.17) is 9.15 Å². The molecule has 6 nitrogen and oxygen atoms in total. The van der Waals surface area contributed by atoms with Gasteiger partial charge in [-0.3, -0.25) is 4.79 Å². The molecular formula is C19H10N2O4S. The van der Waals surface area contributed by atoms with Gasteiger partial charge in [-0.25, -0.2) is 9.78 Å². The summed E-state index contributed by atoms with van der Waals surface area (Å²) in [5.41, 5.74) is 0.593. The van der Waals surface area contributed by atoms with Crippen LogP contribution in [0.25, 0.3) is 31.8 Å². The Morgan fingerprint density at radius 1 is 1.27 bits per heavy atom. The first kappa shape index (κ1) is 16.0. The first-order valence-corrected chi connectivity index (χ1v) is 8.44. The molecule has 7 heteroatoms. The number of ether oxygens (including phenoxy) is 1. The lowest BCUT2D eigenvalue weighted by Crippen LogP contribution is -2.07. The van der Waals surface area contributed by atoms with Gasteiger partial charge in [0.1, 0.15) is 28.0 Å². The molecule has 0 atom stereocenters. The van der Waals surface area contributed by atoms with Crippen molar-refractivity contribution >= 4 is 38.5 Å². The van der Waals surface area contributed by atoms with Gasteiger partial charge in [-0.2, -0.15) is 5.26 Å². The van der Waals surface area contributed by atoms with E-state index >= 15 is 0 Å².